The van der Waals surface area contributed by atoms with E-state index in [1.165, 1.54) is 4.31 Å². The molecule has 1 N–H and O–H groups in total. The first kappa shape index (κ1) is 27.6. The number of rotatable bonds is 9. The van der Waals surface area contributed by atoms with Crippen LogP contribution >= 0.6 is 0 Å². The highest BCUT2D eigenvalue weighted by atomic mass is 32.2. The highest BCUT2D eigenvalue weighted by Crippen LogP contribution is 2.31. The van der Waals surface area contributed by atoms with E-state index in [1.807, 2.05) is 30.3 Å². The molecule has 2 fully saturated rings. The zero-order valence-electron chi connectivity index (χ0n) is 22.0. The first-order valence-corrected chi connectivity index (χ1v) is 14.4. The average Bonchev–Trinajstić information content (AvgIpc) is 3.34. The van der Waals surface area contributed by atoms with Crippen molar-refractivity contribution < 1.29 is 27.8 Å². The van der Waals surface area contributed by atoms with Crippen molar-refractivity contribution in [2.24, 2.45) is 0 Å². The van der Waals surface area contributed by atoms with Gasteiger partial charge in [-0.15, -0.1) is 0 Å². The molecule has 2 aliphatic rings. The third-order valence-corrected chi connectivity index (χ3v) is 9.64. The SMILES string of the molecule is COc1cc(C)c(S(=O)(=O)N2CCC(OCCC(=O)N3CCC(O)(Cc4ccccc4)CC3)C2)c(C)c1. The van der Waals surface area contributed by atoms with E-state index in [0.29, 0.717) is 67.1 Å². The molecule has 2 aromatic carbocycles. The van der Waals surface area contributed by atoms with Crippen LogP contribution in [0.2, 0.25) is 0 Å². The third kappa shape index (κ3) is 6.52. The van der Waals surface area contributed by atoms with Gasteiger partial charge in [0.05, 0.1) is 36.7 Å². The minimum Gasteiger partial charge on any atom is -0.497 e. The van der Waals surface area contributed by atoms with Crippen LogP contribution in [0.4, 0.5) is 0 Å². The number of hydrogen-bond acceptors (Lipinski definition) is 6. The second-order valence-electron chi connectivity index (χ2n) is 10.3. The van der Waals surface area contributed by atoms with Crippen LogP contribution in [-0.2, 0) is 26.0 Å². The van der Waals surface area contributed by atoms with E-state index in [4.69, 9.17) is 9.47 Å². The van der Waals surface area contributed by atoms with Crippen molar-refractivity contribution in [3.8, 4) is 5.75 Å². The number of likely N-dealkylation sites (tertiary alicyclic amines) is 1. The molecule has 4 rings (SSSR count). The van der Waals surface area contributed by atoms with Crippen molar-refractivity contribution in [2.45, 2.75) is 62.6 Å². The normalized spacial score (nSPS) is 20.2. The topological polar surface area (TPSA) is 96.4 Å². The molecule has 9 heteroatoms. The monoisotopic (exact) mass is 530 g/mol. The summed E-state index contributed by atoms with van der Waals surface area (Å²) in [7, 11) is -2.09. The Morgan fingerprint density at radius 1 is 1.08 bits per heavy atom. The number of benzene rings is 2. The number of hydrogen-bond donors (Lipinski definition) is 1. The Bertz CT molecular complexity index is 1170. The fraction of sp³-hybridized carbons (Fsp3) is 0.536. The van der Waals surface area contributed by atoms with Crippen molar-refractivity contribution in [1.82, 2.24) is 9.21 Å². The van der Waals surface area contributed by atoms with Crippen LogP contribution in [0.1, 0.15) is 42.4 Å². The summed E-state index contributed by atoms with van der Waals surface area (Å²) in [6.45, 7) is 5.52. The second-order valence-corrected chi connectivity index (χ2v) is 12.1. The lowest BCUT2D eigenvalue weighted by Crippen LogP contribution is -2.48. The Morgan fingerprint density at radius 2 is 1.73 bits per heavy atom. The maximum Gasteiger partial charge on any atom is 0.243 e. The third-order valence-electron chi connectivity index (χ3n) is 7.47. The molecule has 0 bridgehead atoms. The van der Waals surface area contributed by atoms with E-state index in [0.717, 1.165) is 5.56 Å². The molecule has 2 aliphatic heterocycles. The molecule has 2 saturated heterocycles. The van der Waals surface area contributed by atoms with Crippen LogP contribution < -0.4 is 4.74 Å². The summed E-state index contributed by atoms with van der Waals surface area (Å²) >= 11 is 0. The van der Waals surface area contributed by atoms with Gasteiger partial charge in [-0.1, -0.05) is 30.3 Å². The van der Waals surface area contributed by atoms with E-state index in [1.54, 1.807) is 38.0 Å². The van der Waals surface area contributed by atoms with Gasteiger partial charge in [0, 0.05) is 32.6 Å². The number of methoxy groups -OCH3 is 1. The summed E-state index contributed by atoms with van der Waals surface area (Å²) in [5, 5.41) is 11.0. The molecule has 2 heterocycles. The van der Waals surface area contributed by atoms with Crippen LogP contribution in [-0.4, -0.2) is 80.2 Å². The number of nitrogens with zero attached hydrogens (tertiary/aromatic N) is 2. The van der Waals surface area contributed by atoms with E-state index in [9.17, 15) is 18.3 Å². The predicted octanol–water partition coefficient (Wildman–Crippen LogP) is 3.08. The number of aryl methyl sites for hydroxylation is 2. The van der Waals surface area contributed by atoms with E-state index < -0.39 is 15.6 Å². The largest absolute Gasteiger partial charge is 0.497 e. The van der Waals surface area contributed by atoms with Crippen LogP contribution in [0.3, 0.4) is 0 Å². The van der Waals surface area contributed by atoms with Crippen LogP contribution in [0.5, 0.6) is 5.75 Å². The van der Waals surface area contributed by atoms with Gasteiger partial charge >= 0.3 is 0 Å². The van der Waals surface area contributed by atoms with Crippen LogP contribution in [0.25, 0.3) is 0 Å². The lowest BCUT2D eigenvalue weighted by atomic mass is 9.85. The molecule has 1 unspecified atom stereocenters. The summed E-state index contributed by atoms with van der Waals surface area (Å²) in [6.07, 6.45) is 2.30. The molecule has 0 spiro atoms. The number of carbonyl (C=O) groups is 1. The van der Waals surface area contributed by atoms with Gasteiger partial charge in [0.25, 0.3) is 0 Å². The Hall–Kier alpha value is -2.46. The molecule has 1 atom stereocenters. The second kappa shape index (κ2) is 11.5. The molecule has 1 amide bonds. The molecule has 0 aromatic heterocycles. The van der Waals surface area contributed by atoms with Crippen molar-refractivity contribution >= 4 is 15.9 Å². The Balaban J connectivity index is 1.23. The summed E-state index contributed by atoms with van der Waals surface area (Å²) in [5.41, 5.74) is 1.63. The molecular weight excluding hydrogens is 492 g/mol. The summed E-state index contributed by atoms with van der Waals surface area (Å²) < 4.78 is 39.3. The summed E-state index contributed by atoms with van der Waals surface area (Å²) in [5.74, 6) is 0.643. The number of carbonyl (C=O) groups excluding carboxylic acids is 1. The molecule has 0 aliphatic carbocycles. The lowest BCUT2D eigenvalue weighted by molar-refractivity contribution is -0.136. The minimum absolute atomic E-state index is 0.00807. The quantitative estimate of drug-likeness (QED) is 0.535. The average molecular weight is 531 g/mol. The fourth-order valence-corrected chi connectivity index (χ4v) is 7.31. The molecule has 0 radical (unpaired) electrons. The van der Waals surface area contributed by atoms with Crippen molar-refractivity contribution in [2.75, 3.05) is 39.9 Å². The van der Waals surface area contributed by atoms with Gasteiger partial charge in [0.1, 0.15) is 5.75 Å². The summed E-state index contributed by atoms with van der Waals surface area (Å²) in [4.78, 5) is 14.8. The highest BCUT2D eigenvalue weighted by Gasteiger charge is 2.36. The first-order chi connectivity index (χ1) is 17.6. The number of piperidine rings is 1. The standard InChI is InChI=1S/C28H38N2O6S/c1-21-17-25(35-3)18-22(2)27(21)37(33,34)30-13-9-24(20-30)36-16-10-26(31)29-14-11-28(32,12-15-29)19-23-7-5-4-6-8-23/h4-8,17-18,24,32H,9-16,19-20H2,1-3H3. The van der Waals surface area contributed by atoms with Gasteiger partial charge in [0.2, 0.25) is 15.9 Å². The van der Waals surface area contributed by atoms with Gasteiger partial charge in [-0.3, -0.25) is 4.79 Å². The summed E-state index contributed by atoms with van der Waals surface area (Å²) in [6, 6.07) is 13.4. The predicted molar refractivity (Wildman–Crippen MR) is 141 cm³/mol. The van der Waals surface area contributed by atoms with Gasteiger partial charge in [0.15, 0.2) is 0 Å². The molecular formula is C28H38N2O6S. The first-order valence-electron chi connectivity index (χ1n) is 12.9. The van der Waals surface area contributed by atoms with Gasteiger partial charge in [-0.25, -0.2) is 8.42 Å². The van der Waals surface area contributed by atoms with E-state index >= 15 is 0 Å². The Labute approximate surface area is 220 Å². The fourth-order valence-electron chi connectivity index (χ4n) is 5.41. The van der Waals surface area contributed by atoms with E-state index in [-0.39, 0.29) is 31.6 Å². The number of sulfonamides is 1. The molecule has 202 valence electrons. The zero-order valence-corrected chi connectivity index (χ0v) is 22.8. The van der Waals surface area contributed by atoms with E-state index in [2.05, 4.69) is 0 Å². The Kier molecular flexibility index (Phi) is 8.58. The maximum atomic E-state index is 13.3. The van der Waals surface area contributed by atoms with Crippen LogP contribution in [0, 0.1) is 13.8 Å². The smallest absolute Gasteiger partial charge is 0.243 e. The Morgan fingerprint density at radius 3 is 2.35 bits per heavy atom. The molecule has 0 saturated carbocycles. The number of ether oxygens (including phenoxy) is 2. The molecule has 37 heavy (non-hydrogen) atoms. The number of amides is 1. The molecule has 2 aromatic rings. The van der Waals surface area contributed by atoms with Crippen LogP contribution in [0.15, 0.2) is 47.4 Å². The van der Waals surface area contributed by atoms with Gasteiger partial charge in [-0.2, -0.15) is 4.31 Å². The maximum absolute atomic E-state index is 13.3. The zero-order chi connectivity index (χ0) is 26.6. The number of aliphatic hydroxyl groups is 1. The van der Waals surface area contributed by atoms with Crippen molar-refractivity contribution in [3.63, 3.8) is 0 Å². The highest BCUT2D eigenvalue weighted by molar-refractivity contribution is 7.89. The van der Waals surface area contributed by atoms with Crippen molar-refractivity contribution in [1.29, 1.82) is 0 Å². The molecule has 8 nitrogen and oxygen atoms in total. The van der Waals surface area contributed by atoms with Gasteiger partial charge in [-0.05, 0) is 61.9 Å². The lowest BCUT2D eigenvalue weighted by Gasteiger charge is -2.38. The van der Waals surface area contributed by atoms with Gasteiger partial charge < -0.3 is 19.5 Å². The van der Waals surface area contributed by atoms with Crippen molar-refractivity contribution in [3.05, 3.63) is 59.2 Å². The minimum atomic E-state index is -3.65.